The predicted molar refractivity (Wildman–Crippen MR) is 120 cm³/mol. The van der Waals surface area contributed by atoms with Gasteiger partial charge in [-0.1, -0.05) is 30.3 Å². The zero-order valence-electron chi connectivity index (χ0n) is 17.3. The van der Waals surface area contributed by atoms with Gasteiger partial charge in [0.15, 0.2) is 0 Å². The van der Waals surface area contributed by atoms with Crippen molar-refractivity contribution in [2.75, 3.05) is 11.4 Å². The summed E-state index contributed by atoms with van der Waals surface area (Å²) in [6, 6.07) is 18.1. The van der Waals surface area contributed by atoms with Crippen LogP contribution in [0.2, 0.25) is 0 Å². The highest BCUT2D eigenvalue weighted by atomic mass is 32.2. The van der Waals surface area contributed by atoms with Gasteiger partial charge in [-0.25, -0.2) is 13.1 Å². The minimum atomic E-state index is -3.98. The van der Waals surface area contributed by atoms with Crippen LogP contribution < -0.4 is 9.62 Å². The fourth-order valence-corrected chi connectivity index (χ4v) is 5.08. The van der Waals surface area contributed by atoms with E-state index in [9.17, 15) is 23.3 Å². The van der Waals surface area contributed by atoms with Gasteiger partial charge in [0.1, 0.15) is 0 Å². The van der Waals surface area contributed by atoms with Crippen molar-refractivity contribution < 1.29 is 18.1 Å². The highest BCUT2D eigenvalue weighted by Gasteiger charge is 2.24. The Labute approximate surface area is 185 Å². The van der Waals surface area contributed by atoms with E-state index in [1.165, 1.54) is 12.1 Å². The minimum Gasteiger partial charge on any atom is -0.367 e. The number of rotatable bonds is 6. The maximum absolute atomic E-state index is 12.7. The normalized spacial score (nSPS) is 13.0. The first kappa shape index (κ1) is 21.5. The first-order valence-electron chi connectivity index (χ1n) is 9.98. The molecule has 32 heavy (non-hydrogen) atoms. The maximum Gasteiger partial charge on any atom is 0.269 e. The first-order chi connectivity index (χ1) is 15.2. The fourth-order valence-electron chi connectivity index (χ4n) is 3.86. The van der Waals surface area contributed by atoms with Gasteiger partial charge in [-0.2, -0.15) is 0 Å². The van der Waals surface area contributed by atoms with Crippen LogP contribution in [0.3, 0.4) is 0 Å². The van der Waals surface area contributed by atoms with Gasteiger partial charge in [-0.05, 0) is 54.3 Å². The van der Waals surface area contributed by atoms with Gasteiger partial charge in [0, 0.05) is 36.5 Å². The van der Waals surface area contributed by atoms with Crippen molar-refractivity contribution >= 4 is 27.3 Å². The van der Waals surface area contributed by atoms with Crippen molar-refractivity contribution in [3.63, 3.8) is 0 Å². The Morgan fingerprint density at radius 3 is 2.62 bits per heavy atom. The third kappa shape index (κ3) is 4.33. The van der Waals surface area contributed by atoms with Crippen molar-refractivity contribution in [2.45, 2.75) is 24.8 Å². The van der Waals surface area contributed by atoms with Crippen LogP contribution in [0.25, 0.3) is 0 Å². The lowest BCUT2D eigenvalue weighted by Crippen LogP contribution is -2.31. The Morgan fingerprint density at radius 2 is 1.88 bits per heavy atom. The van der Waals surface area contributed by atoms with Crippen LogP contribution in [-0.2, 0) is 23.0 Å². The van der Waals surface area contributed by atoms with E-state index in [1.54, 1.807) is 55.5 Å². The van der Waals surface area contributed by atoms with Gasteiger partial charge in [0.05, 0.1) is 9.82 Å². The lowest BCUT2D eigenvalue weighted by Gasteiger charge is -2.19. The average molecular weight is 452 g/mol. The molecule has 0 fully saturated rings. The van der Waals surface area contributed by atoms with Crippen LogP contribution in [0.1, 0.15) is 27.0 Å². The maximum atomic E-state index is 12.7. The number of non-ortho nitro benzene ring substituents is 1. The van der Waals surface area contributed by atoms with E-state index in [0.29, 0.717) is 25.1 Å². The minimum absolute atomic E-state index is 0.0452. The molecule has 1 aliphatic rings. The monoisotopic (exact) mass is 451 g/mol. The standard InChI is InChI=1S/C23H21N3O5S/c1-16-5-2-3-8-22(16)32(30,31)24-23(27)19-9-10-21-18(14-19)11-12-25(21)15-17-6-4-7-20(13-17)26(28)29/h2-10,13-14H,11-12,15H2,1H3,(H,24,27). The third-order valence-corrected chi connectivity index (χ3v) is 6.93. The lowest BCUT2D eigenvalue weighted by atomic mass is 10.1. The van der Waals surface area contributed by atoms with Crippen LogP contribution in [0.5, 0.6) is 0 Å². The summed E-state index contributed by atoms with van der Waals surface area (Å²) in [5, 5.41) is 11.0. The second kappa shape index (κ2) is 8.43. The average Bonchev–Trinajstić information content (AvgIpc) is 3.15. The Hall–Kier alpha value is -3.72. The lowest BCUT2D eigenvalue weighted by molar-refractivity contribution is -0.384. The van der Waals surface area contributed by atoms with Crippen molar-refractivity contribution in [3.05, 3.63) is 99.1 Å². The number of sulfonamides is 1. The number of nitrogens with one attached hydrogen (secondary N) is 1. The smallest absolute Gasteiger partial charge is 0.269 e. The number of hydrogen-bond donors (Lipinski definition) is 1. The Morgan fingerprint density at radius 1 is 1.09 bits per heavy atom. The Balaban J connectivity index is 1.51. The van der Waals surface area contributed by atoms with Crippen LogP contribution in [0.4, 0.5) is 11.4 Å². The van der Waals surface area contributed by atoms with Gasteiger partial charge >= 0.3 is 0 Å². The summed E-state index contributed by atoms with van der Waals surface area (Å²) in [7, 11) is -3.98. The van der Waals surface area contributed by atoms with Crippen molar-refractivity contribution in [1.82, 2.24) is 4.72 Å². The molecule has 1 amide bonds. The molecule has 0 aromatic heterocycles. The summed E-state index contributed by atoms with van der Waals surface area (Å²) >= 11 is 0. The topological polar surface area (TPSA) is 110 Å². The van der Waals surface area contributed by atoms with Crippen molar-refractivity contribution in [3.8, 4) is 0 Å². The Kier molecular flexibility index (Phi) is 5.67. The number of amides is 1. The number of hydrogen-bond acceptors (Lipinski definition) is 6. The largest absolute Gasteiger partial charge is 0.367 e. The van der Waals surface area contributed by atoms with E-state index in [4.69, 9.17) is 0 Å². The van der Waals surface area contributed by atoms with Crippen LogP contribution in [0.15, 0.2) is 71.6 Å². The molecule has 0 atom stereocenters. The first-order valence-corrected chi connectivity index (χ1v) is 11.5. The number of nitro groups is 1. The molecule has 1 aliphatic heterocycles. The molecule has 3 aromatic rings. The highest BCUT2D eigenvalue weighted by molar-refractivity contribution is 7.90. The molecule has 9 heteroatoms. The fraction of sp³-hybridized carbons (Fsp3) is 0.174. The molecule has 3 aromatic carbocycles. The van der Waals surface area contributed by atoms with E-state index in [2.05, 4.69) is 9.62 Å². The third-order valence-electron chi connectivity index (χ3n) is 5.44. The summed E-state index contributed by atoms with van der Waals surface area (Å²) < 4.78 is 27.4. The van der Waals surface area contributed by atoms with E-state index < -0.39 is 20.9 Å². The van der Waals surface area contributed by atoms with Crippen LogP contribution in [-0.4, -0.2) is 25.8 Å². The molecule has 0 unspecified atom stereocenters. The second-order valence-corrected chi connectivity index (χ2v) is 9.29. The quantitative estimate of drug-likeness (QED) is 0.453. The zero-order valence-corrected chi connectivity index (χ0v) is 18.1. The molecule has 0 aliphatic carbocycles. The number of aryl methyl sites for hydroxylation is 1. The molecule has 1 heterocycles. The second-order valence-electron chi connectivity index (χ2n) is 7.64. The van der Waals surface area contributed by atoms with Crippen molar-refractivity contribution in [2.24, 2.45) is 0 Å². The number of fused-ring (bicyclic) bond motifs is 1. The van der Waals surface area contributed by atoms with E-state index in [0.717, 1.165) is 16.8 Å². The molecule has 0 saturated heterocycles. The summed E-state index contributed by atoms with van der Waals surface area (Å²) in [5.74, 6) is -0.687. The van der Waals surface area contributed by atoms with Crippen molar-refractivity contribution in [1.29, 1.82) is 0 Å². The van der Waals surface area contributed by atoms with Gasteiger partial charge in [-0.3, -0.25) is 14.9 Å². The SMILES string of the molecule is Cc1ccccc1S(=O)(=O)NC(=O)c1ccc2c(c1)CCN2Cc1cccc([N+](=O)[O-])c1. The molecule has 4 rings (SSSR count). The van der Waals surface area contributed by atoms with E-state index in [-0.39, 0.29) is 16.1 Å². The molecule has 164 valence electrons. The molecular weight excluding hydrogens is 430 g/mol. The highest BCUT2D eigenvalue weighted by Crippen LogP contribution is 2.31. The number of nitrogens with zero attached hydrogens (tertiary/aromatic N) is 2. The number of carbonyl (C=O) groups is 1. The molecule has 0 spiro atoms. The van der Waals surface area contributed by atoms with Gasteiger partial charge in [0.25, 0.3) is 21.6 Å². The molecule has 1 N–H and O–H groups in total. The number of anilines is 1. The molecule has 0 radical (unpaired) electrons. The number of nitro benzene ring substituents is 1. The number of benzene rings is 3. The van der Waals surface area contributed by atoms with Gasteiger partial charge in [-0.15, -0.1) is 0 Å². The predicted octanol–water partition coefficient (Wildman–Crippen LogP) is 3.58. The molecule has 8 nitrogen and oxygen atoms in total. The Bertz CT molecular complexity index is 1320. The molecule has 0 bridgehead atoms. The zero-order chi connectivity index (χ0) is 22.9. The molecular formula is C23H21N3O5S. The summed E-state index contributed by atoms with van der Waals surface area (Å²) in [4.78, 5) is 25.4. The summed E-state index contributed by atoms with van der Waals surface area (Å²) in [6.07, 6.45) is 0.690. The van der Waals surface area contributed by atoms with Crippen LogP contribution >= 0.6 is 0 Å². The summed E-state index contributed by atoms with van der Waals surface area (Å²) in [5.41, 5.74) is 3.53. The van der Waals surface area contributed by atoms with Gasteiger partial charge in [0.2, 0.25) is 0 Å². The van der Waals surface area contributed by atoms with E-state index >= 15 is 0 Å². The number of carbonyl (C=O) groups excluding carboxylic acids is 1. The van der Waals surface area contributed by atoms with Crippen LogP contribution in [0, 0.1) is 17.0 Å². The summed E-state index contributed by atoms with van der Waals surface area (Å²) in [6.45, 7) is 2.87. The van der Waals surface area contributed by atoms with Gasteiger partial charge < -0.3 is 4.90 Å². The molecule has 0 saturated carbocycles. The van der Waals surface area contributed by atoms with E-state index in [1.807, 2.05) is 6.07 Å².